The van der Waals surface area contributed by atoms with Gasteiger partial charge in [-0.15, -0.1) is 0 Å². The zero-order chi connectivity index (χ0) is 25.8. The molecule has 0 aliphatic rings. The van der Waals surface area contributed by atoms with Gasteiger partial charge in [-0.3, -0.25) is 19.2 Å². The number of phenols is 1. The Hall–Kier alpha value is -3.67. The van der Waals surface area contributed by atoms with Crippen LogP contribution >= 0.6 is 0 Å². The number of carbonyl (C=O) groups excluding carboxylic acids is 4. The Labute approximate surface area is 197 Å². The Morgan fingerprint density at radius 2 is 1.59 bits per heavy atom. The quantitative estimate of drug-likeness (QED) is 0.171. The molecule has 4 amide bonds. The van der Waals surface area contributed by atoms with Crippen LogP contribution in [0.15, 0.2) is 24.3 Å². The van der Waals surface area contributed by atoms with Gasteiger partial charge in [-0.05, 0) is 30.0 Å². The van der Waals surface area contributed by atoms with Crippen molar-refractivity contribution in [3.05, 3.63) is 29.8 Å². The summed E-state index contributed by atoms with van der Waals surface area (Å²) in [7, 11) is 0. The molecule has 0 heterocycles. The van der Waals surface area contributed by atoms with Crippen molar-refractivity contribution in [3.63, 3.8) is 0 Å². The second kappa shape index (κ2) is 13.8. The molecule has 1 aromatic carbocycles. The summed E-state index contributed by atoms with van der Waals surface area (Å²) in [6, 6.07) is 2.33. The van der Waals surface area contributed by atoms with Crippen LogP contribution in [0.4, 0.5) is 0 Å². The van der Waals surface area contributed by atoms with Gasteiger partial charge in [0.15, 0.2) is 0 Å². The molecule has 1 rings (SSSR count). The number of carboxylic acids is 1. The Kier molecular flexibility index (Phi) is 11.5. The average molecular weight is 480 g/mol. The second-order valence-corrected chi connectivity index (χ2v) is 7.97. The van der Waals surface area contributed by atoms with Gasteiger partial charge < -0.3 is 37.6 Å². The molecule has 4 atom stereocenters. The minimum absolute atomic E-state index is 0.0202. The monoisotopic (exact) mass is 479 g/mol. The van der Waals surface area contributed by atoms with Gasteiger partial charge in [0.25, 0.3) is 0 Å². The smallest absolute Gasteiger partial charge is 0.326 e. The van der Waals surface area contributed by atoms with E-state index in [1.54, 1.807) is 13.8 Å². The maximum Gasteiger partial charge on any atom is 0.326 e. The zero-order valence-electron chi connectivity index (χ0n) is 19.2. The number of nitrogens with one attached hydrogen (secondary N) is 3. The average Bonchev–Trinajstić information content (AvgIpc) is 2.79. The van der Waals surface area contributed by atoms with Crippen molar-refractivity contribution in [2.24, 2.45) is 17.4 Å². The number of carbonyl (C=O) groups is 5. The lowest BCUT2D eigenvalue weighted by atomic mass is 9.96. The first-order valence-corrected chi connectivity index (χ1v) is 10.9. The molecule has 0 saturated heterocycles. The number of hydrogen-bond acceptors (Lipinski definition) is 7. The summed E-state index contributed by atoms with van der Waals surface area (Å²) in [5.41, 5.74) is 11.0. The SMILES string of the molecule is CCC(C)C(NC(=O)C(CCC(N)=O)NC(=O)CN)C(=O)NC(Cc1ccc(O)cc1)C(=O)O. The molecule has 0 radical (unpaired) electrons. The third-order valence-electron chi connectivity index (χ3n) is 5.30. The summed E-state index contributed by atoms with van der Waals surface area (Å²) in [5.74, 6) is -4.38. The highest BCUT2D eigenvalue weighted by atomic mass is 16.4. The lowest BCUT2D eigenvalue weighted by Gasteiger charge is -2.27. The van der Waals surface area contributed by atoms with Crippen LogP contribution in [-0.4, -0.2) is 64.5 Å². The molecule has 0 aliphatic carbocycles. The molecule has 12 heteroatoms. The largest absolute Gasteiger partial charge is 0.508 e. The van der Waals surface area contributed by atoms with E-state index in [1.807, 2.05) is 0 Å². The first-order valence-electron chi connectivity index (χ1n) is 10.9. The van der Waals surface area contributed by atoms with Crippen LogP contribution in [0, 0.1) is 5.92 Å². The van der Waals surface area contributed by atoms with Gasteiger partial charge in [0.2, 0.25) is 23.6 Å². The Balaban J connectivity index is 3.01. The van der Waals surface area contributed by atoms with Gasteiger partial charge in [-0.25, -0.2) is 4.79 Å². The molecule has 12 nitrogen and oxygen atoms in total. The number of phenolic OH excluding ortho intramolecular Hbond substituents is 1. The van der Waals surface area contributed by atoms with Crippen molar-refractivity contribution < 1.29 is 34.2 Å². The van der Waals surface area contributed by atoms with Crippen molar-refractivity contribution in [1.29, 1.82) is 0 Å². The lowest BCUT2D eigenvalue weighted by molar-refractivity contribution is -0.142. The van der Waals surface area contributed by atoms with Crippen molar-refractivity contribution in [3.8, 4) is 5.75 Å². The summed E-state index contributed by atoms with van der Waals surface area (Å²) < 4.78 is 0. The summed E-state index contributed by atoms with van der Waals surface area (Å²) >= 11 is 0. The molecule has 0 aromatic heterocycles. The fourth-order valence-corrected chi connectivity index (χ4v) is 3.09. The molecular weight excluding hydrogens is 446 g/mol. The molecule has 188 valence electrons. The van der Waals surface area contributed by atoms with Crippen LogP contribution < -0.4 is 27.4 Å². The first-order chi connectivity index (χ1) is 16.0. The van der Waals surface area contributed by atoms with Crippen LogP contribution in [0.3, 0.4) is 0 Å². The summed E-state index contributed by atoms with van der Waals surface area (Å²) in [4.78, 5) is 60.4. The molecule has 34 heavy (non-hydrogen) atoms. The van der Waals surface area contributed by atoms with Gasteiger partial charge in [0, 0.05) is 12.8 Å². The van der Waals surface area contributed by atoms with E-state index in [4.69, 9.17) is 11.5 Å². The highest BCUT2D eigenvalue weighted by Crippen LogP contribution is 2.13. The number of carboxylic acid groups (broad SMARTS) is 1. The number of benzene rings is 1. The molecule has 4 unspecified atom stereocenters. The first kappa shape index (κ1) is 28.4. The Morgan fingerprint density at radius 1 is 0.971 bits per heavy atom. The minimum Gasteiger partial charge on any atom is -0.508 e. The van der Waals surface area contributed by atoms with E-state index < -0.39 is 47.7 Å². The molecule has 0 bridgehead atoms. The number of nitrogens with two attached hydrogens (primary N) is 2. The lowest BCUT2D eigenvalue weighted by Crippen LogP contribution is -2.58. The number of rotatable bonds is 14. The summed E-state index contributed by atoms with van der Waals surface area (Å²) in [6.07, 6.45) is 0.155. The van der Waals surface area contributed by atoms with Crippen LogP contribution in [-0.2, 0) is 30.4 Å². The number of amides is 4. The molecule has 0 spiro atoms. The molecule has 0 aliphatic heterocycles. The predicted octanol–water partition coefficient (Wildman–Crippen LogP) is -1.26. The zero-order valence-corrected chi connectivity index (χ0v) is 19.2. The van der Waals surface area contributed by atoms with Gasteiger partial charge in [-0.2, -0.15) is 0 Å². The van der Waals surface area contributed by atoms with Crippen molar-refractivity contribution in [2.45, 2.75) is 57.7 Å². The maximum absolute atomic E-state index is 13.0. The van der Waals surface area contributed by atoms with Crippen LogP contribution in [0.5, 0.6) is 5.75 Å². The number of aliphatic carboxylic acids is 1. The van der Waals surface area contributed by atoms with E-state index in [2.05, 4.69) is 16.0 Å². The predicted molar refractivity (Wildman–Crippen MR) is 122 cm³/mol. The van der Waals surface area contributed by atoms with E-state index in [0.717, 1.165) is 0 Å². The van der Waals surface area contributed by atoms with E-state index in [9.17, 15) is 34.2 Å². The minimum atomic E-state index is -1.29. The molecule has 9 N–H and O–H groups in total. The number of aromatic hydroxyl groups is 1. The van der Waals surface area contributed by atoms with E-state index in [1.165, 1.54) is 24.3 Å². The molecule has 0 saturated carbocycles. The number of hydrogen-bond donors (Lipinski definition) is 7. The van der Waals surface area contributed by atoms with Crippen LogP contribution in [0.1, 0.15) is 38.7 Å². The van der Waals surface area contributed by atoms with Gasteiger partial charge >= 0.3 is 5.97 Å². The van der Waals surface area contributed by atoms with E-state index in [-0.39, 0.29) is 37.5 Å². The maximum atomic E-state index is 13.0. The van der Waals surface area contributed by atoms with E-state index in [0.29, 0.717) is 12.0 Å². The standard InChI is InChI=1S/C22H33N5O7/c1-3-12(2)19(27-20(31)15(8-9-17(24)29)25-18(30)11-23)21(32)26-16(22(33)34)10-13-4-6-14(28)7-5-13/h4-7,12,15-16,19,28H,3,8-11,23H2,1-2H3,(H2,24,29)(H,25,30)(H,26,32)(H,27,31)(H,33,34). The number of primary amides is 1. The third-order valence-corrected chi connectivity index (χ3v) is 5.30. The normalized spacial score (nSPS) is 14.2. The van der Waals surface area contributed by atoms with Crippen molar-refractivity contribution in [2.75, 3.05) is 6.54 Å². The Morgan fingerprint density at radius 3 is 2.09 bits per heavy atom. The highest BCUT2D eigenvalue weighted by molar-refractivity contribution is 5.94. The summed E-state index contributed by atoms with van der Waals surface area (Å²) in [6.45, 7) is 3.12. The van der Waals surface area contributed by atoms with Crippen LogP contribution in [0.25, 0.3) is 0 Å². The van der Waals surface area contributed by atoms with Gasteiger partial charge in [0.05, 0.1) is 6.54 Å². The highest BCUT2D eigenvalue weighted by Gasteiger charge is 2.32. The van der Waals surface area contributed by atoms with Crippen molar-refractivity contribution >= 4 is 29.6 Å². The molecule has 1 aromatic rings. The van der Waals surface area contributed by atoms with Gasteiger partial charge in [-0.1, -0.05) is 32.4 Å². The van der Waals surface area contributed by atoms with Crippen LogP contribution in [0.2, 0.25) is 0 Å². The topological polar surface area (TPSA) is 214 Å². The molecular formula is C22H33N5O7. The third kappa shape index (κ3) is 9.45. The van der Waals surface area contributed by atoms with E-state index >= 15 is 0 Å². The Bertz CT molecular complexity index is 875. The van der Waals surface area contributed by atoms with Gasteiger partial charge in [0.1, 0.15) is 23.9 Å². The second-order valence-electron chi connectivity index (χ2n) is 7.97. The fraction of sp³-hybridized carbons (Fsp3) is 0.500. The summed E-state index contributed by atoms with van der Waals surface area (Å²) in [5, 5.41) is 26.4. The fourth-order valence-electron chi connectivity index (χ4n) is 3.09. The van der Waals surface area contributed by atoms with Crippen molar-refractivity contribution in [1.82, 2.24) is 16.0 Å². The molecule has 0 fully saturated rings.